The van der Waals surface area contributed by atoms with Gasteiger partial charge in [-0.3, -0.25) is 4.79 Å². The first kappa shape index (κ1) is 13.4. The quantitative estimate of drug-likeness (QED) is 0.787. The molecule has 1 saturated heterocycles. The van der Waals surface area contributed by atoms with Gasteiger partial charge in [0.05, 0.1) is 0 Å². The molecule has 0 spiro atoms. The highest BCUT2D eigenvalue weighted by Gasteiger charge is 2.46. The first-order valence-corrected chi connectivity index (χ1v) is 8.78. The molecule has 0 aromatic rings. The molecule has 0 aromatic heterocycles. The average molecular weight is 286 g/mol. The largest absolute Gasteiger partial charge is 0.338 e. The topological polar surface area (TPSA) is 66.5 Å². The molecule has 0 aromatic carbocycles. The Bertz CT molecular complexity index is 480. The van der Waals surface area contributed by atoms with Gasteiger partial charge in [0.25, 0.3) is 0 Å². The maximum absolute atomic E-state index is 12.3. The Labute approximate surface area is 114 Å². The minimum atomic E-state index is -3.35. The monoisotopic (exact) mass is 286 g/mol. The zero-order chi connectivity index (χ0) is 13.7. The van der Waals surface area contributed by atoms with Gasteiger partial charge in [0, 0.05) is 25.6 Å². The van der Waals surface area contributed by atoms with E-state index in [4.69, 9.17) is 0 Å². The Hall–Kier alpha value is -0.620. The highest BCUT2D eigenvalue weighted by atomic mass is 32.2. The van der Waals surface area contributed by atoms with Crippen molar-refractivity contribution in [3.63, 3.8) is 0 Å². The molecule has 1 heterocycles. The summed E-state index contributed by atoms with van der Waals surface area (Å²) >= 11 is 0. The number of hydrogen-bond donors (Lipinski definition) is 1. The summed E-state index contributed by atoms with van der Waals surface area (Å²) in [6, 6.07) is 0.318. The number of nitrogens with zero attached hydrogens (tertiary/aromatic N) is 1. The average Bonchev–Trinajstić information content (AvgIpc) is 3.28. The number of sulfonamides is 1. The molecule has 6 heteroatoms. The lowest BCUT2D eigenvalue weighted by Gasteiger charge is -2.18. The van der Waals surface area contributed by atoms with Crippen LogP contribution in [-0.2, 0) is 14.8 Å². The molecule has 5 nitrogen and oxygen atoms in total. The minimum Gasteiger partial charge on any atom is -0.338 e. The van der Waals surface area contributed by atoms with Gasteiger partial charge in [-0.05, 0) is 37.5 Å². The van der Waals surface area contributed by atoms with Gasteiger partial charge in [-0.15, -0.1) is 0 Å². The third-order valence-corrected chi connectivity index (χ3v) is 6.65. The molecular formula is C13H22N2O3S. The molecule has 0 radical (unpaired) electrons. The van der Waals surface area contributed by atoms with Crippen molar-refractivity contribution in [1.29, 1.82) is 0 Å². The van der Waals surface area contributed by atoms with E-state index in [1.54, 1.807) is 4.90 Å². The highest BCUT2D eigenvalue weighted by Crippen LogP contribution is 2.48. The van der Waals surface area contributed by atoms with Crippen molar-refractivity contribution < 1.29 is 13.2 Å². The maximum Gasteiger partial charge on any atom is 0.224 e. The van der Waals surface area contributed by atoms with Crippen molar-refractivity contribution in [3.8, 4) is 0 Å². The van der Waals surface area contributed by atoms with Crippen molar-refractivity contribution >= 4 is 15.9 Å². The normalized spacial score (nSPS) is 29.8. The molecular weight excluding hydrogens is 264 g/mol. The number of hydrogen-bond acceptors (Lipinski definition) is 3. The Morgan fingerprint density at radius 2 is 2.05 bits per heavy atom. The number of likely N-dealkylation sites (tertiary alicyclic amines) is 1. The van der Waals surface area contributed by atoms with Crippen molar-refractivity contribution in [2.45, 2.75) is 56.7 Å². The molecule has 1 atom stereocenters. The van der Waals surface area contributed by atoms with Gasteiger partial charge in [0.15, 0.2) is 0 Å². The fourth-order valence-electron chi connectivity index (χ4n) is 2.85. The predicted octanol–water partition coefficient (Wildman–Crippen LogP) is 0.859. The molecule has 3 rings (SSSR count). The Morgan fingerprint density at radius 3 is 2.58 bits per heavy atom. The fraction of sp³-hybridized carbons (Fsp3) is 0.923. The summed E-state index contributed by atoms with van der Waals surface area (Å²) in [7, 11) is -3.35. The molecule has 3 aliphatic rings. The molecule has 19 heavy (non-hydrogen) atoms. The molecule has 0 bridgehead atoms. The second-order valence-electron chi connectivity index (χ2n) is 6.32. The molecule has 3 fully saturated rings. The standard InChI is InChI=1S/C13H22N2O3S/c1-2-13(5-6-13)9-14-19(17,18)11-7-12(16)15(8-11)10-3-4-10/h10-11,14H,2-9H2,1H3. The third-order valence-electron chi connectivity index (χ3n) is 4.90. The van der Waals surface area contributed by atoms with Crippen LogP contribution in [0.5, 0.6) is 0 Å². The summed E-state index contributed by atoms with van der Waals surface area (Å²) in [4.78, 5) is 13.6. The Morgan fingerprint density at radius 1 is 1.37 bits per heavy atom. The Kier molecular flexibility index (Phi) is 3.13. The van der Waals surface area contributed by atoms with Crippen molar-refractivity contribution in [1.82, 2.24) is 9.62 Å². The van der Waals surface area contributed by atoms with Crippen LogP contribution >= 0.6 is 0 Å². The van der Waals surface area contributed by atoms with Gasteiger partial charge in [0.2, 0.25) is 15.9 Å². The van der Waals surface area contributed by atoms with Gasteiger partial charge in [-0.2, -0.15) is 0 Å². The number of carbonyl (C=O) groups is 1. The van der Waals surface area contributed by atoms with Gasteiger partial charge < -0.3 is 4.90 Å². The lowest BCUT2D eigenvalue weighted by atomic mass is 10.1. The molecule has 108 valence electrons. The summed E-state index contributed by atoms with van der Waals surface area (Å²) in [6.07, 6.45) is 5.47. The number of carbonyl (C=O) groups excluding carboxylic acids is 1. The fourth-order valence-corrected chi connectivity index (χ4v) is 4.31. The smallest absolute Gasteiger partial charge is 0.224 e. The van der Waals surface area contributed by atoms with Crippen LogP contribution in [0.2, 0.25) is 0 Å². The van der Waals surface area contributed by atoms with Crippen LogP contribution in [0.25, 0.3) is 0 Å². The first-order chi connectivity index (χ1) is 8.96. The van der Waals surface area contributed by atoms with Crippen LogP contribution in [-0.4, -0.2) is 43.6 Å². The molecule has 1 amide bonds. The number of nitrogens with one attached hydrogen (secondary N) is 1. The van der Waals surface area contributed by atoms with Crippen LogP contribution in [0, 0.1) is 5.41 Å². The van der Waals surface area contributed by atoms with Crippen LogP contribution in [0.4, 0.5) is 0 Å². The van der Waals surface area contributed by atoms with E-state index in [0.29, 0.717) is 19.1 Å². The van der Waals surface area contributed by atoms with Crippen molar-refractivity contribution in [2.24, 2.45) is 5.41 Å². The van der Waals surface area contributed by atoms with E-state index in [1.807, 2.05) is 0 Å². The minimum absolute atomic E-state index is 0.00880. The van der Waals surface area contributed by atoms with Crippen LogP contribution in [0.1, 0.15) is 45.4 Å². The SMILES string of the molecule is CCC1(CNS(=O)(=O)C2CC(=O)N(C3CC3)C2)CC1. The molecule has 2 aliphatic carbocycles. The van der Waals surface area contributed by atoms with Crippen LogP contribution in [0.15, 0.2) is 0 Å². The van der Waals surface area contributed by atoms with E-state index in [1.165, 1.54) is 0 Å². The molecule has 2 saturated carbocycles. The maximum atomic E-state index is 12.3. The summed E-state index contributed by atoms with van der Waals surface area (Å²) in [5.41, 5.74) is 0.200. The van der Waals surface area contributed by atoms with Gasteiger partial charge >= 0.3 is 0 Å². The van der Waals surface area contributed by atoms with Crippen LogP contribution < -0.4 is 4.72 Å². The van der Waals surface area contributed by atoms with E-state index in [2.05, 4.69) is 11.6 Å². The second-order valence-corrected chi connectivity index (χ2v) is 8.37. The van der Waals surface area contributed by atoms with E-state index < -0.39 is 15.3 Å². The summed E-state index contributed by atoms with van der Waals surface area (Å²) in [5, 5.41) is -0.548. The van der Waals surface area contributed by atoms with Gasteiger partial charge in [0.1, 0.15) is 5.25 Å². The van der Waals surface area contributed by atoms with Gasteiger partial charge in [-0.25, -0.2) is 13.1 Å². The number of amides is 1. The second kappa shape index (κ2) is 4.45. The van der Waals surface area contributed by atoms with E-state index in [9.17, 15) is 13.2 Å². The van der Waals surface area contributed by atoms with E-state index in [0.717, 1.165) is 32.1 Å². The summed E-state index contributed by atoms with van der Waals surface area (Å²) in [6.45, 7) is 3.03. The van der Waals surface area contributed by atoms with E-state index in [-0.39, 0.29) is 17.7 Å². The lowest BCUT2D eigenvalue weighted by Crippen LogP contribution is -2.39. The molecule has 1 aliphatic heterocycles. The van der Waals surface area contributed by atoms with Crippen LogP contribution in [0.3, 0.4) is 0 Å². The highest BCUT2D eigenvalue weighted by molar-refractivity contribution is 7.90. The molecule has 1 N–H and O–H groups in total. The molecule has 1 unspecified atom stereocenters. The zero-order valence-electron chi connectivity index (χ0n) is 11.4. The lowest BCUT2D eigenvalue weighted by molar-refractivity contribution is -0.128. The zero-order valence-corrected chi connectivity index (χ0v) is 12.2. The van der Waals surface area contributed by atoms with E-state index >= 15 is 0 Å². The summed E-state index contributed by atoms with van der Waals surface area (Å²) in [5.74, 6) is 0.00880. The third kappa shape index (κ3) is 2.65. The summed E-state index contributed by atoms with van der Waals surface area (Å²) < 4.78 is 27.3. The van der Waals surface area contributed by atoms with Crippen molar-refractivity contribution in [2.75, 3.05) is 13.1 Å². The first-order valence-electron chi connectivity index (χ1n) is 7.24. The predicted molar refractivity (Wildman–Crippen MR) is 72.0 cm³/mol. The number of rotatable bonds is 6. The Balaban J connectivity index is 1.59. The van der Waals surface area contributed by atoms with Gasteiger partial charge in [-0.1, -0.05) is 6.92 Å². The van der Waals surface area contributed by atoms with Crippen molar-refractivity contribution in [3.05, 3.63) is 0 Å².